The Bertz CT molecular complexity index is 174. The number of carbonyl (C=O) groups excluding carboxylic acids is 1. The van der Waals surface area contributed by atoms with Crippen LogP contribution in [-0.2, 0) is 4.79 Å². The molecule has 0 bridgehead atoms. The second-order valence-electron chi connectivity index (χ2n) is 3.42. The zero-order chi connectivity index (χ0) is 9.68. The van der Waals surface area contributed by atoms with Crippen LogP contribution in [0, 0.1) is 0 Å². The highest BCUT2D eigenvalue weighted by Gasteiger charge is 2.16. The number of nitrogens with one attached hydrogen (secondary N) is 2. The summed E-state index contributed by atoms with van der Waals surface area (Å²) >= 11 is 1.58. The summed E-state index contributed by atoms with van der Waals surface area (Å²) in [6.07, 6.45) is 4.38. The van der Waals surface area contributed by atoms with E-state index in [-0.39, 0.29) is 23.6 Å². The summed E-state index contributed by atoms with van der Waals surface area (Å²) in [5, 5.41) is 6.37. The van der Waals surface area contributed by atoms with Crippen LogP contribution in [0.15, 0.2) is 0 Å². The van der Waals surface area contributed by atoms with E-state index in [1.165, 1.54) is 12.8 Å². The van der Waals surface area contributed by atoms with Gasteiger partial charge < -0.3 is 10.6 Å². The quantitative estimate of drug-likeness (QED) is 0.769. The molecule has 1 amide bonds. The fourth-order valence-corrected chi connectivity index (χ4v) is 1.70. The average molecular weight is 239 g/mol. The lowest BCUT2D eigenvalue weighted by molar-refractivity contribution is -0.120. The lowest BCUT2D eigenvalue weighted by Gasteiger charge is -2.13. The fourth-order valence-electron chi connectivity index (χ4n) is 1.41. The topological polar surface area (TPSA) is 41.1 Å². The molecular formula is C9H19ClN2OS. The molecule has 1 heterocycles. The Kier molecular flexibility index (Phi) is 7.41. The second-order valence-corrected chi connectivity index (χ2v) is 4.59. The third-order valence-electron chi connectivity index (χ3n) is 2.41. The Morgan fingerprint density at radius 1 is 1.71 bits per heavy atom. The highest BCUT2D eigenvalue weighted by atomic mass is 35.5. The van der Waals surface area contributed by atoms with Gasteiger partial charge in [0.2, 0.25) is 5.91 Å². The molecule has 84 valence electrons. The molecule has 1 aliphatic rings. The summed E-state index contributed by atoms with van der Waals surface area (Å²) in [7, 11) is 0. The summed E-state index contributed by atoms with van der Waals surface area (Å²) < 4.78 is 0. The second kappa shape index (κ2) is 7.37. The van der Waals surface area contributed by atoms with Gasteiger partial charge in [-0.05, 0) is 32.6 Å². The van der Waals surface area contributed by atoms with Crippen molar-refractivity contribution in [3.63, 3.8) is 0 Å². The van der Waals surface area contributed by atoms with E-state index in [1.54, 1.807) is 11.8 Å². The molecule has 1 aliphatic heterocycles. The van der Waals surface area contributed by atoms with Gasteiger partial charge >= 0.3 is 0 Å². The average Bonchev–Trinajstić information content (AvgIpc) is 2.65. The van der Waals surface area contributed by atoms with E-state index in [1.807, 2.05) is 13.2 Å². The van der Waals surface area contributed by atoms with Gasteiger partial charge in [-0.25, -0.2) is 0 Å². The summed E-state index contributed by atoms with van der Waals surface area (Å²) in [5.41, 5.74) is 0. The van der Waals surface area contributed by atoms with Crippen LogP contribution in [0.3, 0.4) is 0 Å². The summed E-state index contributed by atoms with van der Waals surface area (Å²) in [5.74, 6) is 0.154. The first-order valence-electron chi connectivity index (χ1n) is 4.78. The zero-order valence-corrected chi connectivity index (χ0v) is 10.3. The van der Waals surface area contributed by atoms with Crippen LogP contribution in [0.25, 0.3) is 0 Å². The van der Waals surface area contributed by atoms with Crippen LogP contribution in [-0.4, -0.2) is 36.5 Å². The largest absolute Gasteiger partial charge is 0.354 e. The molecule has 3 nitrogen and oxygen atoms in total. The number of hydrogen-bond acceptors (Lipinski definition) is 3. The molecular weight excluding hydrogens is 220 g/mol. The first-order chi connectivity index (χ1) is 6.24. The molecule has 2 unspecified atom stereocenters. The molecule has 14 heavy (non-hydrogen) atoms. The molecule has 1 fully saturated rings. The standard InChI is InChI=1S/C9H18N2OS.ClH/c1-7(13-2)9(12)11-6-8-4-3-5-10-8;/h7-8,10H,3-6H2,1-2H3,(H,11,12);1H. The molecule has 0 aromatic rings. The van der Waals surface area contributed by atoms with E-state index in [9.17, 15) is 4.79 Å². The predicted octanol–water partition coefficient (Wildman–Crippen LogP) is 1.03. The molecule has 1 saturated heterocycles. The maximum absolute atomic E-state index is 11.4. The number of rotatable bonds is 4. The van der Waals surface area contributed by atoms with Gasteiger partial charge in [0.25, 0.3) is 0 Å². The van der Waals surface area contributed by atoms with Crippen LogP contribution < -0.4 is 10.6 Å². The molecule has 0 saturated carbocycles. The lowest BCUT2D eigenvalue weighted by atomic mass is 10.2. The van der Waals surface area contributed by atoms with Gasteiger partial charge in [0.1, 0.15) is 0 Å². The van der Waals surface area contributed by atoms with Crippen molar-refractivity contribution in [1.82, 2.24) is 10.6 Å². The molecule has 0 spiro atoms. The maximum Gasteiger partial charge on any atom is 0.232 e. The third kappa shape index (κ3) is 4.53. The van der Waals surface area contributed by atoms with Gasteiger partial charge in [0.05, 0.1) is 5.25 Å². The van der Waals surface area contributed by atoms with Crippen molar-refractivity contribution in [2.75, 3.05) is 19.3 Å². The highest BCUT2D eigenvalue weighted by molar-refractivity contribution is 7.99. The van der Waals surface area contributed by atoms with Gasteiger partial charge in [-0.3, -0.25) is 4.79 Å². The van der Waals surface area contributed by atoms with E-state index >= 15 is 0 Å². The molecule has 0 radical (unpaired) electrons. The van der Waals surface area contributed by atoms with E-state index in [4.69, 9.17) is 0 Å². The number of amides is 1. The summed E-state index contributed by atoms with van der Waals surface area (Å²) in [6.45, 7) is 3.81. The lowest BCUT2D eigenvalue weighted by Crippen LogP contribution is -2.40. The van der Waals surface area contributed by atoms with Crippen molar-refractivity contribution in [3.8, 4) is 0 Å². The third-order valence-corrected chi connectivity index (χ3v) is 3.33. The van der Waals surface area contributed by atoms with Crippen LogP contribution in [0.4, 0.5) is 0 Å². The Hall–Kier alpha value is 0.0700. The molecule has 5 heteroatoms. The van der Waals surface area contributed by atoms with Crippen molar-refractivity contribution in [3.05, 3.63) is 0 Å². The van der Waals surface area contributed by atoms with Crippen LogP contribution in [0.5, 0.6) is 0 Å². The minimum absolute atomic E-state index is 0. The van der Waals surface area contributed by atoms with Crippen molar-refractivity contribution in [2.24, 2.45) is 0 Å². The maximum atomic E-state index is 11.4. The Labute approximate surface area is 96.2 Å². The van der Waals surface area contributed by atoms with Gasteiger partial charge in [-0.2, -0.15) is 11.8 Å². The van der Waals surface area contributed by atoms with Gasteiger partial charge in [0, 0.05) is 12.6 Å². The van der Waals surface area contributed by atoms with E-state index in [2.05, 4.69) is 10.6 Å². The summed E-state index contributed by atoms with van der Waals surface area (Å²) in [6, 6.07) is 0.498. The van der Waals surface area contributed by atoms with Crippen molar-refractivity contribution in [2.45, 2.75) is 31.1 Å². The van der Waals surface area contributed by atoms with Crippen molar-refractivity contribution >= 4 is 30.1 Å². The fraction of sp³-hybridized carbons (Fsp3) is 0.889. The van der Waals surface area contributed by atoms with E-state index in [0.29, 0.717) is 6.04 Å². The number of carbonyl (C=O) groups is 1. The van der Waals surface area contributed by atoms with Crippen LogP contribution in [0.1, 0.15) is 19.8 Å². The molecule has 0 aliphatic carbocycles. The van der Waals surface area contributed by atoms with Crippen molar-refractivity contribution < 1.29 is 4.79 Å². The van der Waals surface area contributed by atoms with Gasteiger partial charge in [-0.15, -0.1) is 12.4 Å². The Morgan fingerprint density at radius 2 is 2.43 bits per heavy atom. The highest BCUT2D eigenvalue weighted by Crippen LogP contribution is 2.06. The van der Waals surface area contributed by atoms with E-state index in [0.717, 1.165) is 13.1 Å². The first-order valence-corrected chi connectivity index (χ1v) is 6.06. The summed E-state index contributed by atoms with van der Waals surface area (Å²) in [4.78, 5) is 11.4. The zero-order valence-electron chi connectivity index (χ0n) is 8.71. The Balaban J connectivity index is 0.00000169. The van der Waals surface area contributed by atoms with E-state index < -0.39 is 0 Å². The van der Waals surface area contributed by atoms with Crippen LogP contribution >= 0.6 is 24.2 Å². The molecule has 2 N–H and O–H groups in total. The molecule has 0 aromatic heterocycles. The number of hydrogen-bond donors (Lipinski definition) is 2. The van der Waals surface area contributed by atoms with Crippen LogP contribution in [0.2, 0.25) is 0 Å². The predicted molar refractivity (Wildman–Crippen MR) is 64.3 cm³/mol. The Morgan fingerprint density at radius 3 is 2.93 bits per heavy atom. The first kappa shape index (κ1) is 14.1. The SMILES string of the molecule is CSC(C)C(=O)NCC1CCCN1.Cl. The van der Waals surface area contributed by atoms with Gasteiger partial charge in [0.15, 0.2) is 0 Å². The van der Waals surface area contributed by atoms with Crippen molar-refractivity contribution in [1.29, 1.82) is 0 Å². The normalized spacial score (nSPS) is 22.6. The number of thioether (sulfide) groups is 1. The molecule has 2 atom stereocenters. The smallest absolute Gasteiger partial charge is 0.232 e. The monoisotopic (exact) mass is 238 g/mol. The number of halogens is 1. The minimum Gasteiger partial charge on any atom is -0.354 e. The van der Waals surface area contributed by atoms with Gasteiger partial charge in [-0.1, -0.05) is 0 Å². The molecule has 1 rings (SSSR count). The minimum atomic E-state index is 0. The molecule has 0 aromatic carbocycles.